The topological polar surface area (TPSA) is 45.7 Å². The maximum atomic E-state index is 12.8. The van der Waals surface area contributed by atoms with E-state index in [1.807, 2.05) is 17.9 Å². The molecule has 1 aromatic heterocycles. The predicted octanol–water partition coefficient (Wildman–Crippen LogP) is 1.71. The third-order valence-corrected chi connectivity index (χ3v) is 4.44. The molecule has 1 saturated heterocycles. The van der Waals surface area contributed by atoms with Gasteiger partial charge in [-0.3, -0.25) is 14.7 Å². The van der Waals surface area contributed by atoms with Crippen LogP contribution in [-0.4, -0.2) is 59.5 Å². The number of nitrogens with zero attached hydrogens (tertiary/aromatic N) is 3. The number of aryl methyl sites for hydroxylation is 1. The second-order valence-electron chi connectivity index (χ2n) is 6.10. The van der Waals surface area contributed by atoms with Gasteiger partial charge in [0.2, 0.25) is 0 Å². The van der Waals surface area contributed by atoms with Gasteiger partial charge >= 0.3 is 0 Å². The van der Waals surface area contributed by atoms with Gasteiger partial charge in [0.1, 0.15) is 5.75 Å². The summed E-state index contributed by atoms with van der Waals surface area (Å²) in [6.07, 6.45) is 4.27. The number of amides is 1. The first kappa shape index (κ1) is 14.3. The molecule has 1 aliphatic carbocycles. The maximum Gasteiger partial charge on any atom is 0.258 e. The van der Waals surface area contributed by atoms with E-state index in [1.165, 1.54) is 12.8 Å². The number of rotatable bonds is 3. The minimum absolute atomic E-state index is 0.0558. The standard InChI is InChI=1S/C16H23N3O2/c1-11-8-14(15(21-3)9-17-11)16(20)19-7-6-18(10-12(19)2)13-4-5-13/h8-9,12-13H,4-7,10H2,1-3H3. The van der Waals surface area contributed by atoms with E-state index in [9.17, 15) is 4.79 Å². The Morgan fingerprint density at radius 3 is 2.76 bits per heavy atom. The second-order valence-corrected chi connectivity index (χ2v) is 6.10. The van der Waals surface area contributed by atoms with Crippen molar-refractivity contribution < 1.29 is 9.53 Å². The summed E-state index contributed by atoms with van der Waals surface area (Å²) in [5.41, 5.74) is 1.46. The number of methoxy groups -OCH3 is 1. The van der Waals surface area contributed by atoms with E-state index in [0.717, 1.165) is 31.4 Å². The van der Waals surface area contributed by atoms with Crippen LogP contribution in [0, 0.1) is 6.92 Å². The third-order valence-electron chi connectivity index (χ3n) is 4.44. The van der Waals surface area contributed by atoms with Crippen LogP contribution in [-0.2, 0) is 0 Å². The Hall–Kier alpha value is -1.62. The fourth-order valence-corrected chi connectivity index (χ4v) is 3.09. The van der Waals surface area contributed by atoms with E-state index in [-0.39, 0.29) is 11.9 Å². The van der Waals surface area contributed by atoms with E-state index in [1.54, 1.807) is 13.3 Å². The molecule has 1 saturated carbocycles. The van der Waals surface area contributed by atoms with Gasteiger partial charge in [-0.05, 0) is 32.8 Å². The van der Waals surface area contributed by atoms with Gasteiger partial charge in [0, 0.05) is 37.4 Å². The van der Waals surface area contributed by atoms with Crippen LogP contribution in [0.15, 0.2) is 12.3 Å². The Morgan fingerprint density at radius 1 is 1.38 bits per heavy atom. The molecule has 5 nitrogen and oxygen atoms in total. The summed E-state index contributed by atoms with van der Waals surface area (Å²) in [6, 6.07) is 2.83. The average Bonchev–Trinajstić information content (AvgIpc) is 3.31. The molecule has 1 unspecified atom stereocenters. The quantitative estimate of drug-likeness (QED) is 0.850. The number of carbonyl (C=O) groups is 1. The molecule has 2 aliphatic rings. The smallest absolute Gasteiger partial charge is 0.258 e. The van der Waals surface area contributed by atoms with Crippen LogP contribution in [0.3, 0.4) is 0 Å². The number of piperazine rings is 1. The van der Waals surface area contributed by atoms with E-state index in [0.29, 0.717) is 11.3 Å². The molecule has 0 bridgehead atoms. The first-order chi connectivity index (χ1) is 10.1. The van der Waals surface area contributed by atoms with Crippen molar-refractivity contribution in [3.05, 3.63) is 23.5 Å². The molecule has 3 rings (SSSR count). The lowest BCUT2D eigenvalue weighted by Crippen LogP contribution is -2.54. The van der Waals surface area contributed by atoms with Crippen LogP contribution in [0.5, 0.6) is 5.75 Å². The van der Waals surface area contributed by atoms with E-state index < -0.39 is 0 Å². The van der Waals surface area contributed by atoms with Gasteiger partial charge in [-0.15, -0.1) is 0 Å². The minimum atomic E-state index is 0.0558. The summed E-state index contributed by atoms with van der Waals surface area (Å²) in [4.78, 5) is 21.5. The summed E-state index contributed by atoms with van der Waals surface area (Å²) in [5, 5.41) is 0. The zero-order chi connectivity index (χ0) is 15.0. The Bertz CT molecular complexity index is 542. The Labute approximate surface area is 125 Å². The minimum Gasteiger partial charge on any atom is -0.494 e. The van der Waals surface area contributed by atoms with E-state index in [4.69, 9.17) is 4.74 Å². The summed E-state index contributed by atoms with van der Waals surface area (Å²) in [5.74, 6) is 0.614. The molecular weight excluding hydrogens is 266 g/mol. The van der Waals surface area contributed by atoms with Gasteiger partial charge in [0.15, 0.2) is 0 Å². The molecule has 114 valence electrons. The van der Waals surface area contributed by atoms with Crippen molar-refractivity contribution in [2.24, 2.45) is 0 Å². The maximum absolute atomic E-state index is 12.8. The Kier molecular flexibility index (Phi) is 3.85. The average molecular weight is 289 g/mol. The lowest BCUT2D eigenvalue weighted by Gasteiger charge is -2.40. The highest BCUT2D eigenvalue weighted by Crippen LogP contribution is 2.29. The van der Waals surface area contributed by atoms with Crippen molar-refractivity contribution in [3.8, 4) is 5.75 Å². The molecular formula is C16H23N3O2. The molecule has 0 N–H and O–H groups in total. The molecule has 5 heteroatoms. The number of hydrogen-bond acceptors (Lipinski definition) is 4. The van der Waals surface area contributed by atoms with Crippen LogP contribution in [0.4, 0.5) is 0 Å². The second kappa shape index (κ2) is 5.64. The van der Waals surface area contributed by atoms with Crippen molar-refractivity contribution in [3.63, 3.8) is 0 Å². The van der Waals surface area contributed by atoms with Crippen LogP contribution < -0.4 is 4.74 Å². The fourth-order valence-electron chi connectivity index (χ4n) is 3.09. The lowest BCUT2D eigenvalue weighted by atomic mass is 10.1. The normalized spacial score (nSPS) is 23.2. The molecule has 1 aromatic rings. The lowest BCUT2D eigenvalue weighted by molar-refractivity contribution is 0.0471. The van der Waals surface area contributed by atoms with Crippen LogP contribution in [0.1, 0.15) is 35.8 Å². The number of carbonyl (C=O) groups excluding carboxylic acids is 1. The van der Waals surface area contributed by atoms with Crippen molar-refractivity contribution >= 4 is 5.91 Å². The predicted molar refractivity (Wildman–Crippen MR) is 80.6 cm³/mol. The molecule has 0 spiro atoms. The molecule has 21 heavy (non-hydrogen) atoms. The molecule has 1 atom stereocenters. The molecule has 1 amide bonds. The summed E-state index contributed by atoms with van der Waals surface area (Å²) in [6.45, 7) is 6.77. The monoisotopic (exact) mass is 289 g/mol. The number of ether oxygens (including phenoxy) is 1. The summed E-state index contributed by atoms with van der Waals surface area (Å²) < 4.78 is 5.30. The number of aromatic nitrogens is 1. The van der Waals surface area contributed by atoms with E-state index in [2.05, 4.69) is 16.8 Å². The highest BCUT2D eigenvalue weighted by atomic mass is 16.5. The summed E-state index contributed by atoms with van der Waals surface area (Å²) >= 11 is 0. The number of hydrogen-bond donors (Lipinski definition) is 0. The van der Waals surface area contributed by atoms with Gasteiger partial charge < -0.3 is 9.64 Å². The molecule has 0 radical (unpaired) electrons. The van der Waals surface area contributed by atoms with Crippen LogP contribution in [0.25, 0.3) is 0 Å². The molecule has 2 heterocycles. The fraction of sp³-hybridized carbons (Fsp3) is 0.625. The SMILES string of the molecule is COc1cnc(C)cc1C(=O)N1CCN(C2CC2)CC1C. The van der Waals surface area contributed by atoms with Gasteiger partial charge in [-0.2, -0.15) is 0 Å². The molecule has 1 aliphatic heterocycles. The zero-order valence-corrected chi connectivity index (χ0v) is 13.0. The number of pyridine rings is 1. The van der Waals surface area contributed by atoms with Crippen molar-refractivity contribution in [2.75, 3.05) is 26.7 Å². The van der Waals surface area contributed by atoms with E-state index >= 15 is 0 Å². The van der Waals surface area contributed by atoms with Gasteiger partial charge in [0.05, 0.1) is 18.9 Å². The van der Waals surface area contributed by atoms with Crippen molar-refractivity contribution in [1.82, 2.24) is 14.8 Å². The molecule has 2 fully saturated rings. The highest BCUT2D eigenvalue weighted by molar-refractivity contribution is 5.97. The van der Waals surface area contributed by atoms with Crippen LogP contribution in [0.2, 0.25) is 0 Å². The van der Waals surface area contributed by atoms with Crippen molar-refractivity contribution in [2.45, 2.75) is 38.8 Å². The van der Waals surface area contributed by atoms with Crippen LogP contribution >= 0.6 is 0 Å². The highest BCUT2D eigenvalue weighted by Gasteiger charge is 2.36. The Balaban J connectivity index is 1.77. The van der Waals surface area contributed by atoms with Gasteiger partial charge in [-0.25, -0.2) is 0 Å². The Morgan fingerprint density at radius 2 is 2.14 bits per heavy atom. The largest absolute Gasteiger partial charge is 0.494 e. The first-order valence-electron chi connectivity index (χ1n) is 7.66. The summed E-state index contributed by atoms with van der Waals surface area (Å²) in [7, 11) is 1.58. The molecule has 0 aromatic carbocycles. The first-order valence-corrected chi connectivity index (χ1v) is 7.66. The third kappa shape index (κ3) is 2.88. The van der Waals surface area contributed by atoms with Crippen molar-refractivity contribution in [1.29, 1.82) is 0 Å². The van der Waals surface area contributed by atoms with Gasteiger partial charge in [-0.1, -0.05) is 0 Å². The zero-order valence-electron chi connectivity index (χ0n) is 13.0. The van der Waals surface area contributed by atoms with Gasteiger partial charge in [0.25, 0.3) is 5.91 Å².